The number of nitrogens with one attached hydrogen (secondary N) is 2. The van der Waals surface area contributed by atoms with Crippen LogP contribution in [0.2, 0.25) is 5.02 Å². The van der Waals surface area contributed by atoms with Crippen molar-refractivity contribution in [1.29, 1.82) is 0 Å². The highest BCUT2D eigenvalue weighted by Gasteiger charge is 2.20. The minimum Gasteiger partial charge on any atom is -0.345 e. The van der Waals surface area contributed by atoms with Crippen LogP contribution in [-0.2, 0) is 0 Å². The number of nitrogens with zero attached hydrogens (tertiary/aromatic N) is 2. The fraction of sp³-hybridized carbons (Fsp3) is 0.148. The molecule has 0 saturated heterocycles. The number of fused-ring (bicyclic) bond motifs is 2. The molecule has 5 aromatic rings. The van der Waals surface area contributed by atoms with Crippen molar-refractivity contribution in [1.82, 2.24) is 19.9 Å². The van der Waals surface area contributed by atoms with Gasteiger partial charge in [0.25, 0.3) is 0 Å². The number of carbonyl (C=O) groups excluding carboxylic acids is 2. The molecule has 0 spiro atoms. The van der Waals surface area contributed by atoms with E-state index in [0.29, 0.717) is 33.9 Å². The zero-order chi connectivity index (χ0) is 23.7. The van der Waals surface area contributed by atoms with Gasteiger partial charge in [0, 0.05) is 57.6 Å². The van der Waals surface area contributed by atoms with Gasteiger partial charge in [0.1, 0.15) is 5.65 Å². The first-order valence-corrected chi connectivity index (χ1v) is 11.6. The van der Waals surface area contributed by atoms with Crippen LogP contribution in [0.4, 0.5) is 4.79 Å². The fourth-order valence-electron chi connectivity index (χ4n) is 4.14. The van der Waals surface area contributed by atoms with Crippen LogP contribution in [0.1, 0.15) is 35.7 Å². The first kappa shape index (κ1) is 21.9. The maximum absolute atomic E-state index is 13.6. The number of unbranched alkanes of at least 4 members (excludes halogenated alkanes) is 1. The van der Waals surface area contributed by atoms with E-state index in [1.165, 1.54) is 0 Å². The smallest absolute Gasteiger partial charge is 0.326 e. The zero-order valence-electron chi connectivity index (χ0n) is 18.6. The van der Waals surface area contributed by atoms with Crippen molar-refractivity contribution in [3.63, 3.8) is 0 Å². The number of hydrogen-bond acceptors (Lipinski definition) is 3. The van der Waals surface area contributed by atoms with Gasteiger partial charge in [-0.25, -0.2) is 9.78 Å². The topological polar surface area (TPSA) is 79.8 Å². The Kier molecular flexibility index (Phi) is 5.90. The molecule has 7 heteroatoms. The number of aromatic amines is 1. The summed E-state index contributed by atoms with van der Waals surface area (Å²) in [5.74, 6) is -0.129. The third kappa shape index (κ3) is 3.97. The number of carbonyl (C=O) groups is 2. The van der Waals surface area contributed by atoms with Gasteiger partial charge >= 0.3 is 6.03 Å². The third-order valence-corrected chi connectivity index (χ3v) is 6.21. The average molecular weight is 471 g/mol. The van der Waals surface area contributed by atoms with E-state index < -0.39 is 0 Å². The lowest BCUT2D eigenvalue weighted by atomic mass is 9.99. The standard InChI is InChI=1S/C27H23ClN4O2/c1-2-3-12-29-27(34)32-13-11-20-21(5-4-6-24(20)32)25(33)23-16-31-26-22(23)14-18(15-30-26)17-7-9-19(28)10-8-17/h4-11,13-16H,2-3,12H2,1H3,(H,29,34)(H,30,31). The molecule has 2 N–H and O–H groups in total. The van der Waals surface area contributed by atoms with E-state index in [4.69, 9.17) is 11.6 Å². The molecule has 2 aromatic carbocycles. The van der Waals surface area contributed by atoms with E-state index in [0.717, 1.165) is 34.7 Å². The first-order valence-electron chi connectivity index (χ1n) is 11.2. The van der Waals surface area contributed by atoms with E-state index in [1.807, 2.05) is 42.5 Å². The van der Waals surface area contributed by atoms with E-state index in [2.05, 4.69) is 22.2 Å². The van der Waals surface area contributed by atoms with Crippen molar-refractivity contribution in [2.45, 2.75) is 19.8 Å². The number of benzene rings is 2. The lowest BCUT2D eigenvalue weighted by molar-refractivity contribution is 0.104. The quantitative estimate of drug-likeness (QED) is 0.222. The highest BCUT2D eigenvalue weighted by Crippen LogP contribution is 2.29. The van der Waals surface area contributed by atoms with Crippen LogP contribution in [-0.4, -0.2) is 32.9 Å². The number of ketones is 1. The Bertz CT molecular complexity index is 1520. The molecule has 0 bridgehead atoms. The SMILES string of the molecule is CCCCNC(=O)n1ccc2c(C(=O)c3c[nH]c4ncc(-c5ccc(Cl)cc5)cc34)cccc21. The largest absolute Gasteiger partial charge is 0.345 e. The van der Waals surface area contributed by atoms with Gasteiger partial charge in [-0.15, -0.1) is 0 Å². The summed E-state index contributed by atoms with van der Waals surface area (Å²) >= 11 is 6.02. The lowest BCUT2D eigenvalue weighted by Gasteiger charge is -2.08. The highest BCUT2D eigenvalue weighted by molar-refractivity contribution is 6.30. The summed E-state index contributed by atoms with van der Waals surface area (Å²) in [6, 6.07) is 16.5. The number of pyridine rings is 1. The molecule has 0 atom stereocenters. The van der Waals surface area contributed by atoms with Crippen molar-refractivity contribution >= 4 is 45.4 Å². The lowest BCUT2D eigenvalue weighted by Crippen LogP contribution is -2.28. The van der Waals surface area contributed by atoms with Gasteiger partial charge in [-0.2, -0.15) is 0 Å². The Hall–Kier alpha value is -3.90. The van der Waals surface area contributed by atoms with Crippen molar-refractivity contribution < 1.29 is 9.59 Å². The summed E-state index contributed by atoms with van der Waals surface area (Å²) in [6.07, 6.45) is 7.09. The van der Waals surface area contributed by atoms with E-state index in [-0.39, 0.29) is 11.8 Å². The molecule has 1 amide bonds. The van der Waals surface area contributed by atoms with Crippen LogP contribution < -0.4 is 5.32 Å². The molecule has 5 rings (SSSR count). The third-order valence-electron chi connectivity index (χ3n) is 5.96. The molecule has 0 unspecified atom stereocenters. The van der Waals surface area contributed by atoms with Gasteiger partial charge < -0.3 is 10.3 Å². The molecule has 3 heterocycles. The fourth-order valence-corrected chi connectivity index (χ4v) is 4.26. The van der Waals surface area contributed by atoms with Gasteiger partial charge in [0.05, 0.1) is 5.52 Å². The van der Waals surface area contributed by atoms with Gasteiger partial charge in [-0.3, -0.25) is 9.36 Å². The van der Waals surface area contributed by atoms with Crippen LogP contribution in [0.25, 0.3) is 33.1 Å². The molecule has 34 heavy (non-hydrogen) atoms. The highest BCUT2D eigenvalue weighted by atomic mass is 35.5. The number of hydrogen-bond donors (Lipinski definition) is 2. The Balaban J connectivity index is 1.52. The summed E-state index contributed by atoms with van der Waals surface area (Å²) in [6.45, 7) is 2.69. The minimum atomic E-state index is -0.197. The van der Waals surface area contributed by atoms with Crippen LogP contribution >= 0.6 is 11.6 Å². The van der Waals surface area contributed by atoms with E-state index >= 15 is 0 Å². The monoisotopic (exact) mass is 470 g/mol. The average Bonchev–Trinajstić information content (AvgIpc) is 3.48. The Labute approximate surface area is 201 Å². The maximum Gasteiger partial charge on any atom is 0.326 e. The zero-order valence-corrected chi connectivity index (χ0v) is 19.4. The van der Waals surface area contributed by atoms with Crippen molar-refractivity contribution in [2.24, 2.45) is 0 Å². The van der Waals surface area contributed by atoms with Gasteiger partial charge in [-0.1, -0.05) is 49.2 Å². The Morgan fingerprint density at radius 2 is 1.85 bits per heavy atom. The van der Waals surface area contributed by atoms with Crippen LogP contribution in [0.3, 0.4) is 0 Å². The second-order valence-corrected chi connectivity index (χ2v) is 8.60. The molecule has 0 aliphatic rings. The normalized spacial score (nSPS) is 11.2. The number of aromatic nitrogens is 3. The Morgan fingerprint density at radius 1 is 1.03 bits per heavy atom. The molecular weight excluding hydrogens is 448 g/mol. The van der Waals surface area contributed by atoms with E-state index in [1.54, 1.807) is 35.3 Å². The second kappa shape index (κ2) is 9.15. The summed E-state index contributed by atoms with van der Waals surface area (Å²) < 4.78 is 1.55. The summed E-state index contributed by atoms with van der Waals surface area (Å²) in [5, 5.41) is 5.06. The predicted octanol–water partition coefficient (Wildman–Crippen LogP) is 6.43. The summed E-state index contributed by atoms with van der Waals surface area (Å²) in [5.41, 5.74) is 4.26. The van der Waals surface area contributed by atoms with Crippen LogP contribution in [0.15, 0.2) is 73.2 Å². The predicted molar refractivity (Wildman–Crippen MR) is 136 cm³/mol. The molecular formula is C27H23ClN4O2. The van der Waals surface area contributed by atoms with Gasteiger partial charge in [0.2, 0.25) is 0 Å². The molecule has 0 aliphatic heterocycles. The van der Waals surface area contributed by atoms with Gasteiger partial charge in [0.15, 0.2) is 5.78 Å². The summed E-state index contributed by atoms with van der Waals surface area (Å²) in [4.78, 5) is 33.9. The molecule has 0 saturated carbocycles. The van der Waals surface area contributed by atoms with Crippen molar-refractivity contribution in [3.8, 4) is 11.1 Å². The summed E-state index contributed by atoms with van der Waals surface area (Å²) in [7, 11) is 0. The number of halogens is 1. The van der Waals surface area contributed by atoms with Crippen molar-refractivity contribution in [2.75, 3.05) is 6.54 Å². The molecule has 170 valence electrons. The second-order valence-electron chi connectivity index (χ2n) is 8.17. The number of amides is 1. The molecule has 3 aromatic heterocycles. The maximum atomic E-state index is 13.6. The van der Waals surface area contributed by atoms with Gasteiger partial charge in [-0.05, 0) is 42.3 Å². The Morgan fingerprint density at radius 3 is 2.65 bits per heavy atom. The van der Waals surface area contributed by atoms with Crippen LogP contribution in [0, 0.1) is 0 Å². The van der Waals surface area contributed by atoms with E-state index in [9.17, 15) is 9.59 Å². The molecule has 0 radical (unpaired) electrons. The van der Waals surface area contributed by atoms with Crippen LogP contribution in [0.5, 0.6) is 0 Å². The molecule has 0 fully saturated rings. The minimum absolute atomic E-state index is 0.129. The molecule has 0 aliphatic carbocycles. The number of rotatable bonds is 6. The molecule has 6 nitrogen and oxygen atoms in total. The first-order chi connectivity index (χ1) is 16.6. The van der Waals surface area contributed by atoms with Crippen molar-refractivity contribution in [3.05, 3.63) is 89.3 Å². The number of H-pyrrole nitrogens is 1.